The molecular formula is C16H22ClN3O3. The van der Waals surface area contributed by atoms with Gasteiger partial charge in [0, 0.05) is 18.1 Å². The summed E-state index contributed by atoms with van der Waals surface area (Å²) in [5.74, 6) is -0.251. The molecule has 2 amide bonds. The molecule has 0 radical (unpaired) electrons. The van der Waals surface area contributed by atoms with E-state index in [2.05, 4.69) is 10.6 Å². The van der Waals surface area contributed by atoms with Gasteiger partial charge < -0.3 is 20.3 Å². The third kappa shape index (κ3) is 4.84. The van der Waals surface area contributed by atoms with Crippen LogP contribution in [0.15, 0.2) is 18.2 Å². The van der Waals surface area contributed by atoms with Gasteiger partial charge >= 0.3 is 0 Å². The summed E-state index contributed by atoms with van der Waals surface area (Å²) in [6, 6.07) is 5.01. The van der Waals surface area contributed by atoms with E-state index in [0.29, 0.717) is 29.4 Å². The van der Waals surface area contributed by atoms with Gasteiger partial charge in [0.1, 0.15) is 5.75 Å². The zero-order chi connectivity index (χ0) is 17.0. The van der Waals surface area contributed by atoms with Gasteiger partial charge in [0.15, 0.2) is 0 Å². The zero-order valence-electron chi connectivity index (χ0n) is 13.6. The van der Waals surface area contributed by atoms with Crippen molar-refractivity contribution in [2.45, 2.75) is 6.42 Å². The zero-order valence-corrected chi connectivity index (χ0v) is 14.3. The molecule has 2 atom stereocenters. The Bertz CT molecular complexity index is 592. The Labute approximate surface area is 141 Å². The summed E-state index contributed by atoms with van der Waals surface area (Å²) < 4.78 is 5.19. The molecule has 0 heterocycles. The van der Waals surface area contributed by atoms with E-state index in [-0.39, 0.29) is 23.7 Å². The summed E-state index contributed by atoms with van der Waals surface area (Å²) in [6.45, 7) is 1.35. The van der Waals surface area contributed by atoms with E-state index in [4.69, 9.17) is 16.3 Å². The third-order valence-corrected chi connectivity index (χ3v) is 3.98. The van der Waals surface area contributed by atoms with E-state index in [1.54, 1.807) is 18.2 Å². The highest BCUT2D eigenvalue weighted by Crippen LogP contribution is 2.40. The molecule has 0 aliphatic heterocycles. The van der Waals surface area contributed by atoms with Crippen molar-refractivity contribution in [1.29, 1.82) is 0 Å². The number of anilines is 1. The smallest absolute Gasteiger partial charge is 0.228 e. The number of carbonyl (C=O) groups is 2. The molecule has 6 nitrogen and oxygen atoms in total. The summed E-state index contributed by atoms with van der Waals surface area (Å²) in [7, 11) is 5.41. The molecule has 2 N–H and O–H groups in total. The fourth-order valence-electron chi connectivity index (χ4n) is 2.31. The molecule has 0 aromatic heterocycles. The molecule has 0 spiro atoms. The Balaban J connectivity index is 1.86. The van der Waals surface area contributed by atoms with Gasteiger partial charge in [-0.25, -0.2) is 0 Å². The van der Waals surface area contributed by atoms with Crippen LogP contribution in [0.3, 0.4) is 0 Å². The van der Waals surface area contributed by atoms with Crippen LogP contribution in [0.4, 0.5) is 5.69 Å². The van der Waals surface area contributed by atoms with Crippen LogP contribution in [0.2, 0.25) is 5.02 Å². The molecule has 1 aliphatic carbocycles. The molecule has 2 unspecified atom stereocenters. The van der Waals surface area contributed by atoms with Gasteiger partial charge in [-0.3, -0.25) is 9.59 Å². The van der Waals surface area contributed by atoms with Crippen LogP contribution in [0.5, 0.6) is 5.75 Å². The van der Waals surface area contributed by atoms with Crippen molar-refractivity contribution in [2.75, 3.05) is 39.6 Å². The number of ether oxygens (including phenoxy) is 1. The lowest BCUT2D eigenvalue weighted by atomic mass is 10.2. The van der Waals surface area contributed by atoms with Crippen LogP contribution < -0.4 is 15.4 Å². The summed E-state index contributed by atoms with van der Waals surface area (Å²) >= 11 is 5.94. The quantitative estimate of drug-likeness (QED) is 0.791. The number of hydrogen-bond donors (Lipinski definition) is 2. The van der Waals surface area contributed by atoms with Crippen molar-refractivity contribution < 1.29 is 14.3 Å². The molecule has 23 heavy (non-hydrogen) atoms. The highest BCUT2D eigenvalue weighted by molar-refractivity contribution is 6.31. The molecule has 7 heteroatoms. The predicted molar refractivity (Wildman–Crippen MR) is 89.8 cm³/mol. The summed E-state index contributed by atoms with van der Waals surface area (Å²) in [5, 5.41) is 6.15. The Kier molecular flexibility index (Phi) is 5.85. The highest BCUT2D eigenvalue weighted by atomic mass is 35.5. The first-order chi connectivity index (χ1) is 10.9. The number of likely N-dealkylation sites (N-methyl/N-ethyl adjacent to an activating group) is 1. The van der Waals surface area contributed by atoms with Crippen molar-refractivity contribution in [3.05, 3.63) is 23.2 Å². The molecule has 1 saturated carbocycles. The van der Waals surface area contributed by atoms with Gasteiger partial charge in [0.25, 0.3) is 0 Å². The number of methoxy groups -OCH3 is 1. The van der Waals surface area contributed by atoms with Crippen molar-refractivity contribution in [1.82, 2.24) is 10.2 Å². The Morgan fingerprint density at radius 2 is 2.00 bits per heavy atom. The number of rotatable bonds is 7. The molecule has 126 valence electrons. The van der Waals surface area contributed by atoms with Gasteiger partial charge in [-0.05, 0) is 38.7 Å². The maximum Gasteiger partial charge on any atom is 0.228 e. The van der Waals surface area contributed by atoms with E-state index < -0.39 is 0 Å². The molecule has 1 aromatic carbocycles. The Morgan fingerprint density at radius 3 is 2.65 bits per heavy atom. The highest BCUT2D eigenvalue weighted by Gasteiger charge is 2.48. The summed E-state index contributed by atoms with van der Waals surface area (Å²) in [6.07, 6.45) is 0.572. The number of nitrogens with zero attached hydrogens (tertiary/aromatic N) is 1. The summed E-state index contributed by atoms with van der Waals surface area (Å²) in [4.78, 5) is 26.2. The average molecular weight is 340 g/mol. The van der Waals surface area contributed by atoms with E-state index in [0.717, 1.165) is 6.54 Å². The molecule has 1 fully saturated rings. The molecule has 2 rings (SSSR count). The fourth-order valence-corrected chi connectivity index (χ4v) is 2.48. The minimum Gasteiger partial charge on any atom is -0.495 e. The largest absolute Gasteiger partial charge is 0.495 e. The number of hydrogen-bond acceptors (Lipinski definition) is 4. The first kappa shape index (κ1) is 17.6. The number of halogens is 1. The van der Waals surface area contributed by atoms with Gasteiger partial charge in [0.05, 0.1) is 24.6 Å². The van der Waals surface area contributed by atoms with Gasteiger partial charge in [-0.2, -0.15) is 0 Å². The lowest BCUT2D eigenvalue weighted by Gasteiger charge is -2.11. The van der Waals surface area contributed by atoms with Crippen molar-refractivity contribution in [2.24, 2.45) is 11.8 Å². The van der Waals surface area contributed by atoms with Crippen molar-refractivity contribution in [3.8, 4) is 5.75 Å². The monoisotopic (exact) mass is 339 g/mol. The minimum atomic E-state index is -0.293. The number of benzene rings is 1. The second-order valence-corrected chi connectivity index (χ2v) is 6.31. The van der Waals surface area contributed by atoms with Gasteiger partial charge in [-0.1, -0.05) is 11.6 Å². The average Bonchev–Trinajstić information content (AvgIpc) is 3.27. The molecule has 0 bridgehead atoms. The van der Waals surface area contributed by atoms with Crippen LogP contribution in [0.25, 0.3) is 0 Å². The van der Waals surface area contributed by atoms with Crippen LogP contribution in [0.1, 0.15) is 6.42 Å². The number of nitrogens with one attached hydrogen (secondary N) is 2. The normalized spacial score (nSPS) is 19.3. The van der Waals surface area contributed by atoms with Gasteiger partial charge in [0.2, 0.25) is 11.8 Å². The van der Waals surface area contributed by atoms with Gasteiger partial charge in [-0.15, -0.1) is 0 Å². The maximum atomic E-state index is 12.3. The van der Waals surface area contributed by atoms with E-state index >= 15 is 0 Å². The van der Waals surface area contributed by atoms with Crippen LogP contribution >= 0.6 is 11.6 Å². The standard InChI is InChI=1S/C16H22ClN3O3/c1-20(2)7-6-18-15(21)11-9-12(11)16(22)19-13-8-10(17)4-5-14(13)23-3/h4-5,8,11-12H,6-7,9H2,1-3H3,(H,18,21)(H,19,22). The summed E-state index contributed by atoms with van der Waals surface area (Å²) in [5.41, 5.74) is 0.517. The molecule has 0 saturated heterocycles. The second-order valence-electron chi connectivity index (χ2n) is 5.88. The van der Waals surface area contributed by atoms with E-state index in [1.807, 2.05) is 19.0 Å². The third-order valence-electron chi connectivity index (χ3n) is 3.74. The predicted octanol–water partition coefficient (Wildman–Crippen LogP) is 1.60. The molecule has 1 aliphatic rings. The Hall–Kier alpha value is -1.79. The lowest BCUT2D eigenvalue weighted by Crippen LogP contribution is -2.33. The fraction of sp³-hybridized carbons (Fsp3) is 0.500. The second kappa shape index (κ2) is 7.66. The van der Waals surface area contributed by atoms with Crippen LogP contribution in [-0.2, 0) is 9.59 Å². The number of amides is 2. The van der Waals surface area contributed by atoms with E-state index in [1.165, 1.54) is 7.11 Å². The van der Waals surface area contributed by atoms with Crippen molar-refractivity contribution in [3.63, 3.8) is 0 Å². The van der Waals surface area contributed by atoms with Crippen LogP contribution in [0, 0.1) is 11.8 Å². The first-order valence-corrected chi connectivity index (χ1v) is 7.87. The minimum absolute atomic E-state index is 0.0648. The SMILES string of the molecule is COc1ccc(Cl)cc1NC(=O)C1CC1C(=O)NCCN(C)C. The molecule has 1 aromatic rings. The Morgan fingerprint density at radius 1 is 1.30 bits per heavy atom. The maximum absolute atomic E-state index is 12.3. The topological polar surface area (TPSA) is 70.7 Å². The lowest BCUT2D eigenvalue weighted by molar-refractivity contribution is -0.125. The first-order valence-electron chi connectivity index (χ1n) is 7.49. The number of carbonyl (C=O) groups excluding carboxylic acids is 2. The molecular weight excluding hydrogens is 318 g/mol. The van der Waals surface area contributed by atoms with Crippen molar-refractivity contribution >= 4 is 29.1 Å². The van der Waals surface area contributed by atoms with E-state index in [9.17, 15) is 9.59 Å². The van der Waals surface area contributed by atoms with Crippen LogP contribution in [-0.4, -0.2) is 51.0 Å².